The van der Waals surface area contributed by atoms with Crippen LogP contribution in [0, 0.1) is 5.82 Å². The Balaban J connectivity index is 1.90. The minimum Gasteiger partial charge on any atom is -0.468 e. The van der Waals surface area contributed by atoms with Crippen LogP contribution in [-0.4, -0.2) is 25.5 Å². The van der Waals surface area contributed by atoms with Gasteiger partial charge in [0, 0.05) is 23.4 Å². The predicted octanol–water partition coefficient (Wildman–Crippen LogP) is 2.34. The van der Waals surface area contributed by atoms with Crippen molar-refractivity contribution in [3.63, 3.8) is 0 Å². The van der Waals surface area contributed by atoms with Crippen molar-refractivity contribution in [2.24, 2.45) is 0 Å². The number of ether oxygens (including phenoxy) is 1. The van der Waals surface area contributed by atoms with Crippen LogP contribution in [0.2, 0.25) is 0 Å². The zero-order valence-corrected chi connectivity index (χ0v) is 12.6. The maximum absolute atomic E-state index is 13.5. The topological polar surface area (TPSA) is 67.4 Å². The molecule has 6 heteroatoms. The van der Waals surface area contributed by atoms with E-state index in [-0.39, 0.29) is 30.8 Å². The lowest BCUT2D eigenvalue weighted by Crippen LogP contribution is -2.23. The monoisotopic (exact) mass is 316 g/mol. The van der Waals surface area contributed by atoms with Gasteiger partial charge in [-0.3, -0.25) is 9.59 Å². The van der Waals surface area contributed by atoms with Gasteiger partial charge in [0.2, 0.25) is 0 Å². The number of halogens is 1. The molecule has 0 aromatic heterocycles. The maximum atomic E-state index is 13.5. The molecule has 23 heavy (non-hydrogen) atoms. The van der Waals surface area contributed by atoms with Crippen molar-refractivity contribution < 1.29 is 18.7 Å². The summed E-state index contributed by atoms with van der Waals surface area (Å²) in [5, 5.41) is 5.53. The second-order valence-electron chi connectivity index (χ2n) is 4.78. The van der Waals surface area contributed by atoms with Crippen molar-refractivity contribution in [1.82, 2.24) is 5.32 Å². The van der Waals surface area contributed by atoms with Crippen molar-refractivity contribution in [1.29, 1.82) is 0 Å². The number of rotatable bonds is 6. The molecular formula is C17H17FN2O3. The Labute approximate surface area is 133 Å². The summed E-state index contributed by atoms with van der Waals surface area (Å²) in [5.74, 6) is -1.03. The SMILES string of the molecule is COC(=O)CNc1ccc(C(=O)NCc2ccccc2F)cc1. The van der Waals surface area contributed by atoms with Crippen LogP contribution in [0.4, 0.5) is 10.1 Å². The molecule has 0 heterocycles. The van der Waals surface area contributed by atoms with Crippen molar-refractivity contribution in [3.05, 3.63) is 65.5 Å². The van der Waals surface area contributed by atoms with Crippen LogP contribution in [0.1, 0.15) is 15.9 Å². The van der Waals surface area contributed by atoms with Gasteiger partial charge in [0.1, 0.15) is 12.4 Å². The van der Waals surface area contributed by atoms with Gasteiger partial charge in [-0.15, -0.1) is 0 Å². The van der Waals surface area contributed by atoms with Gasteiger partial charge in [-0.05, 0) is 30.3 Å². The quantitative estimate of drug-likeness (QED) is 0.803. The van der Waals surface area contributed by atoms with Gasteiger partial charge in [-0.2, -0.15) is 0 Å². The molecule has 0 saturated carbocycles. The van der Waals surface area contributed by atoms with Crippen LogP contribution in [0.3, 0.4) is 0 Å². The largest absolute Gasteiger partial charge is 0.468 e. The highest BCUT2D eigenvalue weighted by atomic mass is 19.1. The van der Waals surface area contributed by atoms with Crippen molar-refractivity contribution in [2.45, 2.75) is 6.54 Å². The van der Waals surface area contributed by atoms with Crippen LogP contribution in [-0.2, 0) is 16.1 Å². The third-order valence-electron chi connectivity index (χ3n) is 3.21. The first-order chi connectivity index (χ1) is 11.1. The molecule has 2 rings (SSSR count). The fourth-order valence-electron chi connectivity index (χ4n) is 1.91. The summed E-state index contributed by atoms with van der Waals surface area (Å²) in [5.41, 5.74) is 1.57. The Hall–Kier alpha value is -2.89. The lowest BCUT2D eigenvalue weighted by Gasteiger charge is -2.08. The summed E-state index contributed by atoms with van der Waals surface area (Å²) in [7, 11) is 1.31. The summed E-state index contributed by atoms with van der Waals surface area (Å²) in [4.78, 5) is 23.1. The number of carbonyl (C=O) groups excluding carboxylic acids is 2. The molecule has 1 amide bonds. The molecule has 0 atom stereocenters. The third kappa shape index (κ3) is 4.81. The van der Waals surface area contributed by atoms with E-state index >= 15 is 0 Å². The lowest BCUT2D eigenvalue weighted by atomic mass is 10.1. The fraction of sp³-hybridized carbons (Fsp3) is 0.176. The van der Waals surface area contributed by atoms with E-state index in [1.165, 1.54) is 13.2 Å². The van der Waals surface area contributed by atoms with Crippen molar-refractivity contribution in [3.8, 4) is 0 Å². The normalized spacial score (nSPS) is 10.0. The summed E-state index contributed by atoms with van der Waals surface area (Å²) in [6.45, 7) is 0.170. The highest BCUT2D eigenvalue weighted by Gasteiger charge is 2.07. The first kappa shape index (κ1) is 16.5. The summed E-state index contributed by atoms with van der Waals surface area (Å²) >= 11 is 0. The van der Waals surface area contributed by atoms with E-state index in [9.17, 15) is 14.0 Å². The van der Waals surface area contributed by atoms with Crippen LogP contribution in [0.5, 0.6) is 0 Å². The van der Waals surface area contributed by atoms with E-state index in [1.807, 2.05) is 0 Å². The molecule has 0 saturated heterocycles. The Morgan fingerprint density at radius 3 is 2.43 bits per heavy atom. The van der Waals surface area contributed by atoms with E-state index in [0.717, 1.165) is 0 Å². The van der Waals surface area contributed by atoms with E-state index in [1.54, 1.807) is 42.5 Å². The molecule has 2 N–H and O–H groups in total. The summed E-state index contributed by atoms with van der Waals surface area (Å²) < 4.78 is 18.0. The van der Waals surface area contributed by atoms with Crippen molar-refractivity contribution >= 4 is 17.6 Å². The maximum Gasteiger partial charge on any atom is 0.325 e. The molecular weight excluding hydrogens is 299 g/mol. The smallest absolute Gasteiger partial charge is 0.325 e. The van der Waals surface area contributed by atoms with Gasteiger partial charge >= 0.3 is 5.97 Å². The molecule has 5 nitrogen and oxygen atoms in total. The second-order valence-corrected chi connectivity index (χ2v) is 4.78. The highest BCUT2D eigenvalue weighted by molar-refractivity contribution is 5.94. The zero-order valence-electron chi connectivity index (χ0n) is 12.6. The molecule has 0 aliphatic carbocycles. The lowest BCUT2D eigenvalue weighted by molar-refractivity contribution is -0.138. The standard InChI is InChI=1S/C17H17FN2O3/c1-23-16(21)11-19-14-8-6-12(7-9-14)17(22)20-10-13-4-2-3-5-15(13)18/h2-9,19H,10-11H2,1H3,(H,20,22). The molecule has 0 bridgehead atoms. The molecule has 0 fully saturated rings. The number of amides is 1. The summed E-state index contributed by atoms with van der Waals surface area (Å²) in [6.07, 6.45) is 0. The molecule has 120 valence electrons. The third-order valence-corrected chi connectivity index (χ3v) is 3.21. The predicted molar refractivity (Wildman–Crippen MR) is 84.5 cm³/mol. The number of hydrogen-bond donors (Lipinski definition) is 2. The van der Waals surface area contributed by atoms with Crippen LogP contribution in [0.15, 0.2) is 48.5 Å². The number of benzene rings is 2. The second kappa shape index (κ2) is 7.93. The van der Waals surface area contributed by atoms with E-state index in [4.69, 9.17) is 0 Å². The molecule has 0 spiro atoms. The molecule has 2 aromatic carbocycles. The fourth-order valence-corrected chi connectivity index (χ4v) is 1.91. The van der Waals surface area contributed by atoms with Gasteiger partial charge in [-0.1, -0.05) is 18.2 Å². The van der Waals surface area contributed by atoms with Gasteiger partial charge in [0.05, 0.1) is 7.11 Å². The average molecular weight is 316 g/mol. The molecule has 0 unspecified atom stereocenters. The van der Waals surface area contributed by atoms with E-state index in [2.05, 4.69) is 15.4 Å². The van der Waals surface area contributed by atoms with Crippen LogP contribution >= 0.6 is 0 Å². The number of methoxy groups -OCH3 is 1. The number of nitrogens with one attached hydrogen (secondary N) is 2. The Morgan fingerprint density at radius 1 is 1.09 bits per heavy atom. The average Bonchev–Trinajstić information content (AvgIpc) is 2.59. The van der Waals surface area contributed by atoms with Gasteiger partial charge < -0.3 is 15.4 Å². The number of anilines is 1. The van der Waals surface area contributed by atoms with Crippen LogP contribution in [0.25, 0.3) is 0 Å². The van der Waals surface area contributed by atoms with Crippen LogP contribution < -0.4 is 10.6 Å². The number of esters is 1. The minimum atomic E-state index is -0.378. The summed E-state index contributed by atoms with van der Waals surface area (Å²) in [6, 6.07) is 12.9. The highest BCUT2D eigenvalue weighted by Crippen LogP contribution is 2.10. The molecule has 2 aromatic rings. The minimum absolute atomic E-state index is 0.0509. The first-order valence-corrected chi connectivity index (χ1v) is 7.02. The van der Waals surface area contributed by atoms with Gasteiger partial charge in [0.15, 0.2) is 0 Å². The molecule has 0 aliphatic heterocycles. The van der Waals surface area contributed by atoms with Crippen molar-refractivity contribution in [2.75, 3.05) is 19.0 Å². The Kier molecular flexibility index (Phi) is 5.68. The van der Waals surface area contributed by atoms with Gasteiger partial charge in [0.25, 0.3) is 5.91 Å². The zero-order chi connectivity index (χ0) is 16.7. The molecule has 0 aliphatic rings. The van der Waals surface area contributed by atoms with E-state index < -0.39 is 0 Å². The number of hydrogen-bond acceptors (Lipinski definition) is 4. The van der Waals surface area contributed by atoms with E-state index in [0.29, 0.717) is 16.8 Å². The number of carbonyl (C=O) groups is 2. The Morgan fingerprint density at radius 2 is 1.78 bits per heavy atom. The Bertz CT molecular complexity index is 686. The molecule has 0 radical (unpaired) electrons. The first-order valence-electron chi connectivity index (χ1n) is 7.02. The van der Waals surface area contributed by atoms with Gasteiger partial charge in [-0.25, -0.2) is 4.39 Å².